The summed E-state index contributed by atoms with van der Waals surface area (Å²) < 4.78 is 39.6. The number of hydrogen-bond donors (Lipinski definition) is 2. The van der Waals surface area contributed by atoms with Crippen LogP contribution < -0.4 is 19.5 Å². The van der Waals surface area contributed by atoms with E-state index >= 15 is 0 Å². The summed E-state index contributed by atoms with van der Waals surface area (Å²) in [4.78, 5) is 13.4. The van der Waals surface area contributed by atoms with Gasteiger partial charge in [0.1, 0.15) is 6.04 Å². The molecule has 0 heterocycles. The van der Waals surface area contributed by atoms with Gasteiger partial charge in [0.25, 0.3) is 0 Å². The van der Waals surface area contributed by atoms with E-state index in [-0.39, 0.29) is 17.1 Å². The predicted octanol–water partition coefficient (Wildman–Crippen LogP) is 4.39. The van der Waals surface area contributed by atoms with Crippen LogP contribution in [0.4, 0.5) is 5.69 Å². The lowest BCUT2D eigenvalue weighted by molar-refractivity contribution is -0.117. The highest BCUT2D eigenvalue weighted by molar-refractivity contribution is 7.89. The smallest absolute Gasteiger partial charge is 0.242 e. The largest absolute Gasteiger partial charge is 0.493 e. The Bertz CT molecular complexity index is 1430. The van der Waals surface area contributed by atoms with E-state index in [1.165, 1.54) is 32.4 Å². The number of methoxy groups -OCH3 is 2. The summed E-state index contributed by atoms with van der Waals surface area (Å²) in [5.41, 5.74) is 1.43. The first-order chi connectivity index (χ1) is 16.9. The zero-order chi connectivity index (χ0) is 24.8. The summed E-state index contributed by atoms with van der Waals surface area (Å²) in [6.07, 6.45) is 0.171. The third-order valence-electron chi connectivity index (χ3n) is 5.61. The van der Waals surface area contributed by atoms with Crippen LogP contribution in [0.5, 0.6) is 11.5 Å². The van der Waals surface area contributed by atoms with Gasteiger partial charge in [-0.3, -0.25) is 4.79 Å². The number of fused-ring (bicyclic) bond motifs is 1. The maximum absolute atomic E-state index is 13.4. The molecule has 0 saturated carbocycles. The van der Waals surface area contributed by atoms with Crippen molar-refractivity contribution in [2.45, 2.75) is 17.4 Å². The van der Waals surface area contributed by atoms with E-state index in [4.69, 9.17) is 9.47 Å². The fraction of sp³-hybridized carbons (Fsp3) is 0.148. The van der Waals surface area contributed by atoms with Crippen molar-refractivity contribution in [2.75, 3.05) is 19.5 Å². The predicted molar refractivity (Wildman–Crippen MR) is 136 cm³/mol. The standard InChI is InChI=1S/C27H26N2O5S/c1-33-25-16-15-21(18-26(25)34-2)35(31,32)29-24(17-19-9-4-3-5-10-19)27(30)28-23-14-8-12-20-11-6-7-13-22(20)23/h3-16,18,24,29H,17H2,1-2H3,(H,28,30)/t24-/m1/s1. The molecule has 1 atom stereocenters. The van der Waals surface area contributed by atoms with E-state index < -0.39 is 22.0 Å². The first-order valence-electron chi connectivity index (χ1n) is 11.0. The number of nitrogens with one attached hydrogen (secondary N) is 2. The molecule has 0 fully saturated rings. The van der Waals surface area contributed by atoms with E-state index in [2.05, 4.69) is 10.0 Å². The van der Waals surface area contributed by atoms with Crippen LogP contribution in [0.2, 0.25) is 0 Å². The molecule has 180 valence electrons. The minimum atomic E-state index is -4.06. The molecule has 8 heteroatoms. The highest BCUT2D eigenvalue weighted by Crippen LogP contribution is 2.29. The van der Waals surface area contributed by atoms with Gasteiger partial charge in [-0.2, -0.15) is 4.72 Å². The minimum absolute atomic E-state index is 0.0360. The SMILES string of the molecule is COc1ccc(S(=O)(=O)N[C@H](Cc2ccccc2)C(=O)Nc2cccc3ccccc23)cc1OC. The van der Waals surface area contributed by atoms with Crippen LogP contribution in [0.25, 0.3) is 10.8 Å². The second-order valence-corrected chi connectivity index (χ2v) is 9.61. The molecule has 0 aliphatic rings. The number of rotatable bonds is 9. The van der Waals surface area contributed by atoms with Gasteiger partial charge >= 0.3 is 0 Å². The molecular formula is C27H26N2O5S. The number of benzene rings is 4. The second-order valence-electron chi connectivity index (χ2n) is 7.90. The van der Waals surface area contributed by atoms with Crippen molar-refractivity contribution < 1.29 is 22.7 Å². The van der Waals surface area contributed by atoms with Crippen molar-refractivity contribution >= 4 is 32.4 Å². The normalized spacial score (nSPS) is 12.2. The molecule has 4 aromatic rings. The van der Waals surface area contributed by atoms with Crippen LogP contribution in [0, 0.1) is 0 Å². The number of amides is 1. The summed E-state index contributed by atoms with van der Waals surface area (Å²) in [5.74, 6) is 0.213. The summed E-state index contributed by atoms with van der Waals surface area (Å²) in [6.45, 7) is 0. The van der Waals surface area contributed by atoms with Crippen LogP contribution in [0.1, 0.15) is 5.56 Å². The number of anilines is 1. The molecule has 0 aromatic heterocycles. The van der Waals surface area contributed by atoms with Gasteiger partial charge in [0.2, 0.25) is 15.9 Å². The Morgan fingerprint density at radius 2 is 1.51 bits per heavy atom. The Labute approximate surface area is 204 Å². The second kappa shape index (κ2) is 10.6. The first kappa shape index (κ1) is 24.3. The van der Waals surface area contributed by atoms with E-state index in [1.54, 1.807) is 6.07 Å². The van der Waals surface area contributed by atoms with Crippen molar-refractivity contribution in [3.05, 3.63) is 96.6 Å². The Morgan fingerprint density at radius 1 is 0.829 bits per heavy atom. The third kappa shape index (κ3) is 5.62. The van der Waals surface area contributed by atoms with Gasteiger partial charge in [-0.1, -0.05) is 66.7 Å². The van der Waals surface area contributed by atoms with Gasteiger partial charge in [-0.25, -0.2) is 8.42 Å². The average Bonchev–Trinajstić information content (AvgIpc) is 2.88. The van der Waals surface area contributed by atoms with Crippen molar-refractivity contribution in [1.82, 2.24) is 4.72 Å². The highest BCUT2D eigenvalue weighted by atomic mass is 32.2. The number of sulfonamides is 1. The molecule has 35 heavy (non-hydrogen) atoms. The lowest BCUT2D eigenvalue weighted by atomic mass is 10.1. The third-order valence-corrected chi connectivity index (χ3v) is 7.08. The quantitative estimate of drug-likeness (QED) is 0.363. The zero-order valence-electron chi connectivity index (χ0n) is 19.4. The lowest BCUT2D eigenvalue weighted by Gasteiger charge is -2.20. The van der Waals surface area contributed by atoms with Gasteiger partial charge < -0.3 is 14.8 Å². The highest BCUT2D eigenvalue weighted by Gasteiger charge is 2.27. The molecule has 0 aliphatic heterocycles. The van der Waals surface area contributed by atoms with Gasteiger partial charge in [0.15, 0.2) is 11.5 Å². The zero-order valence-corrected chi connectivity index (χ0v) is 20.2. The van der Waals surface area contributed by atoms with Crippen LogP contribution in [0.15, 0.2) is 95.9 Å². The van der Waals surface area contributed by atoms with Crippen LogP contribution in [0.3, 0.4) is 0 Å². The Hall–Kier alpha value is -3.88. The summed E-state index contributed by atoms with van der Waals surface area (Å²) in [6, 6.07) is 25.7. The van der Waals surface area contributed by atoms with E-state index in [0.717, 1.165) is 16.3 Å². The summed E-state index contributed by atoms with van der Waals surface area (Å²) in [7, 11) is -1.17. The maximum atomic E-state index is 13.4. The molecule has 0 saturated heterocycles. The Kier molecular flexibility index (Phi) is 7.33. The number of hydrogen-bond acceptors (Lipinski definition) is 5. The molecular weight excluding hydrogens is 464 g/mol. The minimum Gasteiger partial charge on any atom is -0.493 e. The van der Waals surface area contributed by atoms with Gasteiger partial charge in [0.05, 0.1) is 19.1 Å². The van der Waals surface area contributed by atoms with Crippen molar-refractivity contribution in [3.63, 3.8) is 0 Å². The maximum Gasteiger partial charge on any atom is 0.242 e. The van der Waals surface area contributed by atoms with Gasteiger partial charge in [0, 0.05) is 17.1 Å². The van der Waals surface area contributed by atoms with Gasteiger partial charge in [-0.15, -0.1) is 0 Å². The van der Waals surface area contributed by atoms with Crippen LogP contribution in [-0.2, 0) is 21.2 Å². The molecule has 0 radical (unpaired) electrons. The molecule has 0 aliphatic carbocycles. The van der Waals surface area contributed by atoms with Crippen molar-refractivity contribution in [3.8, 4) is 11.5 Å². The van der Waals surface area contributed by atoms with Crippen LogP contribution in [-0.4, -0.2) is 34.6 Å². The monoisotopic (exact) mass is 490 g/mol. The summed E-state index contributed by atoms with van der Waals surface area (Å²) >= 11 is 0. The number of carbonyl (C=O) groups is 1. The van der Waals surface area contributed by atoms with Crippen molar-refractivity contribution in [1.29, 1.82) is 0 Å². The fourth-order valence-electron chi connectivity index (χ4n) is 3.83. The van der Waals surface area contributed by atoms with E-state index in [1.807, 2.05) is 66.7 Å². The molecule has 7 nitrogen and oxygen atoms in total. The molecule has 4 rings (SSSR count). The van der Waals surface area contributed by atoms with Crippen molar-refractivity contribution in [2.24, 2.45) is 0 Å². The molecule has 1 amide bonds. The average molecular weight is 491 g/mol. The van der Waals surface area contributed by atoms with E-state index in [0.29, 0.717) is 11.4 Å². The molecule has 0 spiro atoms. The van der Waals surface area contributed by atoms with E-state index in [9.17, 15) is 13.2 Å². The summed E-state index contributed by atoms with van der Waals surface area (Å²) in [5, 5.41) is 4.74. The molecule has 0 unspecified atom stereocenters. The topological polar surface area (TPSA) is 93.7 Å². The number of carbonyl (C=O) groups excluding carboxylic acids is 1. The first-order valence-corrected chi connectivity index (χ1v) is 12.5. The van der Waals surface area contributed by atoms with Crippen LogP contribution >= 0.6 is 0 Å². The Morgan fingerprint density at radius 3 is 2.26 bits per heavy atom. The fourth-order valence-corrected chi connectivity index (χ4v) is 5.04. The Balaban J connectivity index is 1.65. The molecule has 2 N–H and O–H groups in total. The number of ether oxygens (including phenoxy) is 2. The van der Waals surface area contributed by atoms with Gasteiger partial charge in [-0.05, 0) is 35.6 Å². The lowest BCUT2D eigenvalue weighted by Crippen LogP contribution is -2.45. The molecule has 0 bridgehead atoms. The molecule has 4 aromatic carbocycles.